The van der Waals surface area contributed by atoms with E-state index in [1.54, 1.807) is 4.57 Å². The SMILES string of the molecule is CCN(CCC1(C)OCC(C)(C)c2c1c1c(OCc3ccccc3)cc(F)cc1n2-c1ccc(F)c(F)c1)CC(=O)O. The third-order valence-electron chi connectivity index (χ3n) is 8.03. The average molecular weight is 581 g/mol. The van der Waals surface area contributed by atoms with Crippen LogP contribution in [0, 0.1) is 17.5 Å². The molecule has 0 radical (unpaired) electrons. The summed E-state index contributed by atoms with van der Waals surface area (Å²) < 4.78 is 58.6. The molecule has 1 aromatic heterocycles. The number of ether oxygens (including phenoxy) is 2. The second kappa shape index (κ2) is 11.5. The molecule has 0 bridgehead atoms. The van der Waals surface area contributed by atoms with Crippen molar-refractivity contribution in [2.45, 2.75) is 51.7 Å². The molecule has 0 saturated heterocycles. The summed E-state index contributed by atoms with van der Waals surface area (Å²) in [5.41, 5.74) is 1.67. The quantitative estimate of drug-likeness (QED) is 0.220. The second-order valence-electron chi connectivity index (χ2n) is 11.6. The van der Waals surface area contributed by atoms with Gasteiger partial charge in [-0.15, -0.1) is 0 Å². The van der Waals surface area contributed by atoms with Crippen LogP contribution in [0.5, 0.6) is 5.75 Å². The Morgan fingerprint density at radius 2 is 1.79 bits per heavy atom. The topological polar surface area (TPSA) is 63.9 Å². The first-order valence-electron chi connectivity index (χ1n) is 14.0. The molecule has 222 valence electrons. The highest BCUT2D eigenvalue weighted by Gasteiger charge is 2.46. The molecule has 2 heterocycles. The minimum Gasteiger partial charge on any atom is -0.488 e. The van der Waals surface area contributed by atoms with Gasteiger partial charge in [0.1, 0.15) is 18.2 Å². The lowest BCUT2D eigenvalue weighted by atomic mass is 9.77. The van der Waals surface area contributed by atoms with Gasteiger partial charge in [0.25, 0.3) is 0 Å². The highest BCUT2D eigenvalue weighted by Crippen LogP contribution is 2.51. The molecule has 9 heteroatoms. The molecule has 1 aliphatic rings. The lowest BCUT2D eigenvalue weighted by molar-refractivity contribution is -0.138. The number of likely N-dealkylation sites (N-methyl/N-ethyl adjacent to an activating group) is 1. The van der Waals surface area contributed by atoms with Gasteiger partial charge in [-0.2, -0.15) is 0 Å². The lowest BCUT2D eigenvalue weighted by Crippen LogP contribution is -2.44. The number of nitrogens with zero attached hydrogens (tertiary/aromatic N) is 2. The first kappa shape index (κ1) is 29.7. The summed E-state index contributed by atoms with van der Waals surface area (Å²) in [7, 11) is 0. The van der Waals surface area contributed by atoms with Crippen molar-refractivity contribution in [1.82, 2.24) is 9.47 Å². The molecule has 1 aliphatic heterocycles. The van der Waals surface area contributed by atoms with Crippen LogP contribution >= 0.6 is 0 Å². The van der Waals surface area contributed by atoms with Crippen molar-refractivity contribution in [1.29, 1.82) is 0 Å². The van der Waals surface area contributed by atoms with Crippen LogP contribution in [0.3, 0.4) is 0 Å². The van der Waals surface area contributed by atoms with E-state index in [2.05, 4.69) is 0 Å². The molecule has 1 atom stereocenters. The van der Waals surface area contributed by atoms with Gasteiger partial charge in [0.15, 0.2) is 11.6 Å². The number of aromatic nitrogens is 1. The highest BCUT2D eigenvalue weighted by atomic mass is 19.2. The van der Waals surface area contributed by atoms with E-state index in [4.69, 9.17) is 9.47 Å². The van der Waals surface area contributed by atoms with Crippen LogP contribution in [-0.2, 0) is 27.2 Å². The zero-order valence-corrected chi connectivity index (χ0v) is 24.2. The molecule has 0 spiro atoms. The third-order valence-corrected chi connectivity index (χ3v) is 8.03. The van der Waals surface area contributed by atoms with Crippen molar-refractivity contribution < 1.29 is 32.5 Å². The first-order chi connectivity index (χ1) is 19.9. The van der Waals surface area contributed by atoms with Crippen LogP contribution in [0.1, 0.15) is 50.9 Å². The van der Waals surface area contributed by atoms with Crippen LogP contribution in [0.2, 0.25) is 0 Å². The molecule has 1 unspecified atom stereocenters. The molecule has 3 aromatic carbocycles. The number of benzene rings is 3. The number of carboxylic acid groups (broad SMARTS) is 1. The summed E-state index contributed by atoms with van der Waals surface area (Å²) in [5.74, 6) is -3.15. The zero-order chi connectivity index (χ0) is 30.2. The number of aliphatic carboxylic acids is 1. The van der Waals surface area contributed by atoms with Crippen LogP contribution in [0.15, 0.2) is 60.7 Å². The summed E-state index contributed by atoms with van der Waals surface area (Å²) in [5, 5.41) is 10.00. The Morgan fingerprint density at radius 1 is 1.05 bits per heavy atom. The van der Waals surface area contributed by atoms with Crippen LogP contribution < -0.4 is 4.74 Å². The van der Waals surface area contributed by atoms with E-state index in [-0.39, 0.29) is 13.2 Å². The van der Waals surface area contributed by atoms with Crippen molar-refractivity contribution in [2.24, 2.45) is 0 Å². The van der Waals surface area contributed by atoms with Crippen LogP contribution in [0.4, 0.5) is 13.2 Å². The third kappa shape index (κ3) is 5.63. The molecule has 1 N–H and O–H groups in total. The molecular weight excluding hydrogens is 545 g/mol. The number of hydrogen-bond donors (Lipinski definition) is 1. The maximum absolute atomic E-state index is 15.3. The van der Waals surface area contributed by atoms with E-state index in [9.17, 15) is 18.7 Å². The Bertz CT molecular complexity index is 1620. The first-order valence-corrected chi connectivity index (χ1v) is 14.0. The van der Waals surface area contributed by atoms with Crippen molar-refractivity contribution in [2.75, 3.05) is 26.2 Å². The fourth-order valence-corrected chi connectivity index (χ4v) is 5.83. The highest BCUT2D eigenvalue weighted by molar-refractivity contribution is 5.94. The van der Waals surface area contributed by atoms with Gasteiger partial charge in [0.05, 0.1) is 24.3 Å². The molecule has 5 rings (SSSR count). The van der Waals surface area contributed by atoms with Gasteiger partial charge < -0.3 is 19.1 Å². The summed E-state index contributed by atoms with van der Waals surface area (Å²) in [6.07, 6.45) is 0.434. The van der Waals surface area contributed by atoms with Gasteiger partial charge in [0, 0.05) is 46.4 Å². The summed E-state index contributed by atoms with van der Waals surface area (Å²) in [6, 6.07) is 15.9. The fraction of sp³-hybridized carbons (Fsp3) is 0.364. The fourth-order valence-electron chi connectivity index (χ4n) is 5.83. The van der Waals surface area contributed by atoms with Crippen molar-refractivity contribution in [3.63, 3.8) is 0 Å². The van der Waals surface area contributed by atoms with E-state index < -0.39 is 34.4 Å². The standard InChI is InChI=1S/C33H35F3N2O4/c1-5-37(18-28(39)40)14-13-33(4)30-29-26(15-22(34)16-27(29)41-19-21-9-7-6-8-10-21)38(31(30)32(2,3)20-42-33)23-11-12-24(35)25(36)17-23/h6-12,15-17H,5,13-14,18-20H2,1-4H3,(H,39,40). The summed E-state index contributed by atoms with van der Waals surface area (Å²) in [4.78, 5) is 13.3. The van der Waals surface area contributed by atoms with Gasteiger partial charge >= 0.3 is 5.97 Å². The number of carboxylic acids is 1. The van der Waals surface area contributed by atoms with E-state index in [0.717, 1.165) is 29.0 Å². The van der Waals surface area contributed by atoms with Crippen LogP contribution in [-0.4, -0.2) is 46.8 Å². The van der Waals surface area contributed by atoms with E-state index in [1.165, 1.54) is 18.2 Å². The lowest BCUT2D eigenvalue weighted by Gasteiger charge is -2.43. The van der Waals surface area contributed by atoms with Gasteiger partial charge in [-0.05, 0) is 43.7 Å². The van der Waals surface area contributed by atoms with Gasteiger partial charge in [-0.3, -0.25) is 9.69 Å². The number of hydrogen-bond acceptors (Lipinski definition) is 4. The van der Waals surface area contributed by atoms with Crippen molar-refractivity contribution in [3.8, 4) is 11.4 Å². The monoisotopic (exact) mass is 580 g/mol. The van der Waals surface area contributed by atoms with E-state index in [0.29, 0.717) is 48.5 Å². The summed E-state index contributed by atoms with van der Waals surface area (Å²) in [6.45, 7) is 9.15. The Hall–Kier alpha value is -3.82. The Morgan fingerprint density at radius 3 is 2.45 bits per heavy atom. The van der Waals surface area contributed by atoms with Crippen molar-refractivity contribution in [3.05, 3.63) is 94.9 Å². The second-order valence-corrected chi connectivity index (χ2v) is 11.6. The molecule has 6 nitrogen and oxygen atoms in total. The average Bonchev–Trinajstić information content (AvgIpc) is 3.31. The molecule has 4 aromatic rings. The Kier molecular flexibility index (Phi) is 8.09. The minimum absolute atomic E-state index is 0.113. The summed E-state index contributed by atoms with van der Waals surface area (Å²) >= 11 is 0. The predicted molar refractivity (Wildman–Crippen MR) is 155 cm³/mol. The number of rotatable bonds is 10. The smallest absolute Gasteiger partial charge is 0.317 e. The normalized spacial score (nSPS) is 17.9. The Balaban J connectivity index is 1.76. The number of fused-ring (bicyclic) bond motifs is 3. The largest absolute Gasteiger partial charge is 0.488 e. The van der Waals surface area contributed by atoms with Gasteiger partial charge in [0.2, 0.25) is 0 Å². The van der Waals surface area contributed by atoms with Gasteiger partial charge in [-0.1, -0.05) is 51.1 Å². The Labute approximate surface area is 243 Å². The van der Waals surface area contributed by atoms with Crippen LogP contribution in [0.25, 0.3) is 16.6 Å². The number of halogens is 3. The molecular formula is C33H35F3N2O4. The van der Waals surface area contributed by atoms with Crippen molar-refractivity contribution >= 4 is 16.9 Å². The minimum atomic E-state index is -1.01. The predicted octanol–water partition coefficient (Wildman–Crippen LogP) is 6.95. The molecule has 0 amide bonds. The molecule has 0 saturated carbocycles. The maximum atomic E-state index is 15.3. The molecule has 0 fully saturated rings. The van der Waals surface area contributed by atoms with E-state index >= 15 is 4.39 Å². The van der Waals surface area contributed by atoms with Gasteiger partial charge in [-0.25, -0.2) is 13.2 Å². The maximum Gasteiger partial charge on any atom is 0.317 e. The number of carbonyl (C=O) groups is 1. The van der Waals surface area contributed by atoms with E-state index in [1.807, 2.05) is 62.9 Å². The zero-order valence-electron chi connectivity index (χ0n) is 24.2. The molecule has 0 aliphatic carbocycles. The molecule has 42 heavy (non-hydrogen) atoms.